The summed E-state index contributed by atoms with van der Waals surface area (Å²) < 4.78 is 24.8. The van der Waals surface area contributed by atoms with Crippen LogP contribution in [0.2, 0.25) is 0 Å². The summed E-state index contributed by atoms with van der Waals surface area (Å²) >= 11 is 0. The highest BCUT2D eigenvalue weighted by Gasteiger charge is 2.45. The Morgan fingerprint density at radius 2 is 2.03 bits per heavy atom. The van der Waals surface area contributed by atoms with Gasteiger partial charge in [-0.2, -0.15) is 14.9 Å². The van der Waals surface area contributed by atoms with Crippen LogP contribution in [-0.2, 0) is 33.0 Å². The summed E-state index contributed by atoms with van der Waals surface area (Å²) in [4.78, 5) is 26.3. The van der Waals surface area contributed by atoms with Crippen molar-refractivity contribution in [3.8, 4) is 5.82 Å². The Bertz CT molecular complexity index is 1540. The molecule has 2 aromatic heterocycles. The largest absolute Gasteiger partial charge is 0.342 e. The van der Waals surface area contributed by atoms with Gasteiger partial charge in [-0.05, 0) is 73.8 Å². The zero-order chi connectivity index (χ0) is 25.9. The highest BCUT2D eigenvalue weighted by atomic mass is 32.2. The molecule has 2 N–H and O–H groups in total. The fourth-order valence-corrected chi connectivity index (χ4v) is 6.16. The first-order valence-corrected chi connectivity index (χ1v) is 14.5. The second-order valence-corrected chi connectivity index (χ2v) is 12.6. The lowest BCUT2D eigenvalue weighted by Crippen LogP contribution is -2.53. The summed E-state index contributed by atoms with van der Waals surface area (Å²) in [5.41, 5.74) is 4.61. The fourth-order valence-electron chi connectivity index (χ4n) is 5.61. The third kappa shape index (κ3) is 4.41. The number of carbonyl (C=O) groups is 2. The molecule has 6 rings (SSSR count). The predicted molar refractivity (Wildman–Crippen MR) is 136 cm³/mol. The molecule has 1 aromatic carbocycles. The van der Waals surface area contributed by atoms with E-state index in [4.69, 9.17) is 5.10 Å². The van der Waals surface area contributed by atoms with Crippen LogP contribution in [0.15, 0.2) is 30.3 Å². The molecule has 11 heteroatoms. The Hall–Kier alpha value is -3.60. The van der Waals surface area contributed by atoms with Gasteiger partial charge in [0, 0.05) is 12.7 Å². The molecule has 0 unspecified atom stereocenters. The molecule has 1 atom stereocenters. The molecule has 37 heavy (non-hydrogen) atoms. The maximum Gasteiger partial charge on any atom is 0.257 e. The fraction of sp³-hybridized carbons (Fsp3) is 0.423. The number of hydrogen-bond donors (Lipinski definition) is 2. The third-order valence-corrected chi connectivity index (χ3v) is 8.19. The van der Waals surface area contributed by atoms with Gasteiger partial charge in [0.2, 0.25) is 5.91 Å². The lowest BCUT2D eigenvalue weighted by atomic mass is 9.71. The summed E-state index contributed by atoms with van der Waals surface area (Å²) in [6, 6.07) is 10.1. The van der Waals surface area contributed by atoms with Crippen molar-refractivity contribution >= 4 is 27.5 Å². The van der Waals surface area contributed by atoms with Gasteiger partial charge in [0.05, 0.1) is 16.9 Å². The first-order chi connectivity index (χ1) is 17.6. The van der Waals surface area contributed by atoms with E-state index in [0.717, 1.165) is 31.1 Å². The number of aryl methyl sites for hydroxylation is 2. The average Bonchev–Trinajstić information content (AvgIpc) is 3.61. The molecular weight excluding hydrogens is 492 g/mol. The van der Waals surface area contributed by atoms with Crippen molar-refractivity contribution in [3.63, 3.8) is 0 Å². The minimum Gasteiger partial charge on any atom is -0.342 e. The number of nitrogens with zero attached hydrogens (tertiary/aromatic N) is 4. The molecule has 192 valence electrons. The van der Waals surface area contributed by atoms with E-state index >= 15 is 0 Å². The van der Waals surface area contributed by atoms with Crippen LogP contribution in [0.1, 0.15) is 70.0 Å². The van der Waals surface area contributed by atoms with E-state index < -0.39 is 27.0 Å². The summed E-state index contributed by atoms with van der Waals surface area (Å²) in [6.45, 7) is 1.80. The van der Waals surface area contributed by atoms with Gasteiger partial charge in [-0.1, -0.05) is 18.2 Å². The first-order valence-electron chi connectivity index (χ1n) is 12.5. The second-order valence-electron chi connectivity index (χ2n) is 10.5. The molecule has 3 aromatic rings. The van der Waals surface area contributed by atoms with Gasteiger partial charge in [-0.3, -0.25) is 9.59 Å². The van der Waals surface area contributed by atoms with Crippen LogP contribution in [0, 0.1) is 6.92 Å². The van der Waals surface area contributed by atoms with Gasteiger partial charge in [-0.25, -0.2) is 8.42 Å². The Morgan fingerprint density at radius 3 is 2.73 bits per heavy atom. The van der Waals surface area contributed by atoms with Crippen LogP contribution in [0.4, 0.5) is 5.82 Å². The number of carbonyl (C=O) groups excluding carboxylic acids is 2. The molecule has 0 radical (unpaired) electrons. The van der Waals surface area contributed by atoms with E-state index in [2.05, 4.69) is 39.0 Å². The normalized spacial score (nSPS) is 20.8. The van der Waals surface area contributed by atoms with Crippen molar-refractivity contribution in [3.05, 3.63) is 64.0 Å². The van der Waals surface area contributed by atoms with Crippen molar-refractivity contribution < 1.29 is 18.0 Å². The molecule has 10 nitrogen and oxygen atoms in total. The molecule has 1 aliphatic heterocycles. The number of anilines is 1. The van der Waals surface area contributed by atoms with Crippen molar-refractivity contribution in [2.75, 3.05) is 17.3 Å². The molecule has 3 aliphatic rings. The SMILES string of the molecule is Cc1ccc(-n2nc3c(c2NC(=O)CS(C)(=O)=O)C(=O)N[C@@]2(CCCc4cc(C5CC5)ccc42)C3)nn1. The van der Waals surface area contributed by atoms with Crippen LogP contribution in [-0.4, -0.2) is 52.2 Å². The number of hydrogen-bond acceptors (Lipinski definition) is 7. The Balaban J connectivity index is 1.43. The highest BCUT2D eigenvalue weighted by molar-refractivity contribution is 7.91. The molecule has 1 fully saturated rings. The van der Waals surface area contributed by atoms with Gasteiger partial charge < -0.3 is 10.6 Å². The minimum atomic E-state index is -3.58. The summed E-state index contributed by atoms with van der Waals surface area (Å²) in [7, 11) is -3.58. The Kier molecular flexibility index (Phi) is 5.45. The van der Waals surface area contributed by atoms with Crippen LogP contribution in [0.5, 0.6) is 0 Å². The quantitative estimate of drug-likeness (QED) is 0.527. The number of benzene rings is 1. The van der Waals surface area contributed by atoms with E-state index in [0.29, 0.717) is 29.5 Å². The van der Waals surface area contributed by atoms with Crippen LogP contribution >= 0.6 is 0 Å². The standard InChI is InChI=1S/C26H28N6O4S/c1-15-5-10-21(30-29-15)32-24(27-22(33)14-37(2,35)36)23-20(31-32)13-26(28-25(23)34)11-3-4-18-12-17(16-6-7-16)8-9-19(18)26/h5,8-10,12,16H,3-4,6-7,11,13-14H2,1-2H3,(H,27,33)(H,28,34)/t26-/m0/s1. The van der Waals surface area contributed by atoms with E-state index in [9.17, 15) is 18.0 Å². The molecule has 2 aliphatic carbocycles. The number of nitrogens with one attached hydrogen (secondary N) is 2. The zero-order valence-corrected chi connectivity index (χ0v) is 21.6. The van der Waals surface area contributed by atoms with E-state index in [1.807, 2.05) is 0 Å². The monoisotopic (exact) mass is 520 g/mol. The Labute approximate surface area is 214 Å². The number of fused-ring (bicyclic) bond motifs is 3. The number of rotatable bonds is 5. The lowest BCUT2D eigenvalue weighted by molar-refractivity contribution is -0.113. The highest BCUT2D eigenvalue weighted by Crippen LogP contribution is 2.45. The topological polar surface area (TPSA) is 136 Å². The van der Waals surface area contributed by atoms with Crippen LogP contribution in [0.25, 0.3) is 5.82 Å². The van der Waals surface area contributed by atoms with Crippen molar-refractivity contribution in [1.82, 2.24) is 25.3 Å². The van der Waals surface area contributed by atoms with E-state index in [1.54, 1.807) is 19.1 Å². The molecule has 1 saturated carbocycles. The summed E-state index contributed by atoms with van der Waals surface area (Å²) in [5.74, 6) is -0.768. The Morgan fingerprint density at radius 1 is 1.22 bits per heavy atom. The average molecular weight is 521 g/mol. The first kappa shape index (κ1) is 23.8. The maximum atomic E-state index is 13.7. The number of amides is 2. The smallest absolute Gasteiger partial charge is 0.257 e. The maximum absolute atomic E-state index is 13.7. The zero-order valence-electron chi connectivity index (χ0n) is 20.7. The minimum absolute atomic E-state index is 0.0919. The van der Waals surface area contributed by atoms with Crippen LogP contribution < -0.4 is 10.6 Å². The molecule has 2 amide bonds. The van der Waals surface area contributed by atoms with Crippen molar-refractivity contribution in [2.45, 2.75) is 56.9 Å². The number of sulfone groups is 1. The van der Waals surface area contributed by atoms with Gasteiger partial charge >= 0.3 is 0 Å². The molecule has 3 heterocycles. The van der Waals surface area contributed by atoms with Gasteiger partial charge in [0.1, 0.15) is 11.3 Å². The van der Waals surface area contributed by atoms with Gasteiger partial charge in [0.15, 0.2) is 21.5 Å². The van der Waals surface area contributed by atoms with Crippen molar-refractivity contribution in [1.29, 1.82) is 0 Å². The lowest BCUT2D eigenvalue weighted by Gasteiger charge is -2.42. The molecule has 1 spiro atoms. The molecule has 0 saturated heterocycles. The molecule has 0 bridgehead atoms. The van der Waals surface area contributed by atoms with Gasteiger partial charge in [-0.15, -0.1) is 5.10 Å². The molecular formula is C26H28N6O4S. The van der Waals surface area contributed by atoms with Gasteiger partial charge in [0.25, 0.3) is 5.91 Å². The van der Waals surface area contributed by atoms with Crippen LogP contribution in [0.3, 0.4) is 0 Å². The van der Waals surface area contributed by atoms with E-state index in [1.165, 1.54) is 28.7 Å². The number of aromatic nitrogens is 4. The predicted octanol–water partition coefficient (Wildman–Crippen LogP) is 2.35. The third-order valence-electron chi connectivity index (χ3n) is 7.40. The second kappa shape index (κ2) is 8.47. The van der Waals surface area contributed by atoms with E-state index in [-0.39, 0.29) is 17.3 Å². The summed E-state index contributed by atoms with van der Waals surface area (Å²) in [6.07, 6.45) is 6.59. The van der Waals surface area contributed by atoms with Crippen molar-refractivity contribution in [2.24, 2.45) is 0 Å². The summed E-state index contributed by atoms with van der Waals surface area (Å²) in [5, 5.41) is 18.8.